The minimum Gasteiger partial charge on any atom is -0.337 e. The SMILES string of the molecule is Cc1cc(C(=O)N(Cc2ccc(F)cc2Cl)Cc2nccn2C)n(C)n1. The number of halogens is 2. The molecule has 0 bridgehead atoms. The maximum atomic E-state index is 13.3. The zero-order valence-electron chi connectivity index (χ0n) is 14.8. The van der Waals surface area contributed by atoms with Gasteiger partial charge < -0.3 is 9.47 Å². The van der Waals surface area contributed by atoms with Crippen molar-refractivity contribution < 1.29 is 9.18 Å². The molecular weight excluding hydrogens is 357 g/mol. The molecule has 3 rings (SSSR count). The molecule has 0 N–H and O–H groups in total. The summed E-state index contributed by atoms with van der Waals surface area (Å²) < 4.78 is 16.7. The van der Waals surface area contributed by atoms with Crippen LogP contribution >= 0.6 is 11.6 Å². The van der Waals surface area contributed by atoms with E-state index in [4.69, 9.17) is 11.6 Å². The number of hydrogen-bond acceptors (Lipinski definition) is 3. The summed E-state index contributed by atoms with van der Waals surface area (Å²) in [6, 6.07) is 5.90. The Balaban J connectivity index is 1.94. The number of aryl methyl sites for hydroxylation is 3. The van der Waals surface area contributed by atoms with Gasteiger partial charge in [0.05, 0.1) is 12.2 Å². The van der Waals surface area contributed by atoms with Crippen molar-refractivity contribution in [2.24, 2.45) is 14.1 Å². The molecule has 0 aliphatic rings. The Morgan fingerprint density at radius 3 is 2.62 bits per heavy atom. The molecule has 0 fully saturated rings. The van der Waals surface area contributed by atoms with Gasteiger partial charge in [0, 0.05) is 38.1 Å². The van der Waals surface area contributed by atoms with Crippen molar-refractivity contribution in [2.45, 2.75) is 20.0 Å². The lowest BCUT2D eigenvalue weighted by Crippen LogP contribution is -2.32. The number of amides is 1. The summed E-state index contributed by atoms with van der Waals surface area (Å²) in [4.78, 5) is 19.0. The summed E-state index contributed by atoms with van der Waals surface area (Å²) in [5.41, 5.74) is 1.89. The van der Waals surface area contributed by atoms with Gasteiger partial charge in [0.15, 0.2) is 0 Å². The van der Waals surface area contributed by atoms with E-state index in [0.29, 0.717) is 17.8 Å². The van der Waals surface area contributed by atoms with E-state index in [2.05, 4.69) is 10.1 Å². The average Bonchev–Trinajstić information content (AvgIpc) is 3.13. The molecule has 1 aromatic carbocycles. The lowest BCUT2D eigenvalue weighted by molar-refractivity contribution is 0.0713. The van der Waals surface area contributed by atoms with Gasteiger partial charge in [-0.1, -0.05) is 17.7 Å². The van der Waals surface area contributed by atoms with E-state index in [1.54, 1.807) is 35.0 Å². The van der Waals surface area contributed by atoms with Crippen molar-refractivity contribution in [1.29, 1.82) is 0 Å². The number of aromatic nitrogens is 4. The third kappa shape index (κ3) is 3.77. The van der Waals surface area contributed by atoms with Crippen molar-refractivity contribution in [3.63, 3.8) is 0 Å². The smallest absolute Gasteiger partial charge is 0.272 e. The van der Waals surface area contributed by atoms with Gasteiger partial charge in [-0.15, -0.1) is 0 Å². The minimum atomic E-state index is -0.414. The molecule has 0 aliphatic heterocycles. The van der Waals surface area contributed by atoms with Gasteiger partial charge in [0.1, 0.15) is 17.3 Å². The van der Waals surface area contributed by atoms with Gasteiger partial charge in [0.2, 0.25) is 0 Å². The fraction of sp³-hybridized carbons (Fsp3) is 0.278. The Hall–Kier alpha value is -2.67. The van der Waals surface area contributed by atoms with Crippen molar-refractivity contribution in [2.75, 3.05) is 0 Å². The first kappa shape index (κ1) is 18.1. The van der Waals surface area contributed by atoms with Gasteiger partial charge in [-0.25, -0.2) is 9.37 Å². The first-order valence-electron chi connectivity index (χ1n) is 8.05. The molecular formula is C18H19ClFN5O. The Labute approximate surface area is 155 Å². The molecule has 0 spiro atoms. The van der Waals surface area contributed by atoms with Gasteiger partial charge in [-0.05, 0) is 30.7 Å². The van der Waals surface area contributed by atoms with E-state index in [9.17, 15) is 9.18 Å². The van der Waals surface area contributed by atoms with Gasteiger partial charge >= 0.3 is 0 Å². The molecule has 0 radical (unpaired) electrons. The molecule has 2 heterocycles. The van der Waals surface area contributed by atoms with Crippen molar-refractivity contribution >= 4 is 17.5 Å². The second-order valence-electron chi connectivity index (χ2n) is 6.15. The third-order valence-electron chi connectivity index (χ3n) is 4.14. The fourth-order valence-electron chi connectivity index (χ4n) is 2.75. The Bertz CT molecular complexity index is 949. The number of rotatable bonds is 5. The highest BCUT2D eigenvalue weighted by Crippen LogP contribution is 2.21. The standard InChI is InChI=1S/C18H19ClFN5O/c1-12-8-16(24(3)22-12)18(26)25(11-17-21-6-7-23(17)2)10-13-4-5-14(20)9-15(13)19/h4-9H,10-11H2,1-3H3. The quantitative estimate of drug-likeness (QED) is 0.688. The fourth-order valence-corrected chi connectivity index (χ4v) is 2.97. The average molecular weight is 376 g/mol. The van der Waals surface area contributed by atoms with Crippen LogP contribution in [0.1, 0.15) is 27.6 Å². The zero-order valence-corrected chi connectivity index (χ0v) is 15.5. The van der Waals surface area contributed by atoms with E-state index < -0.39 is 5.82 Å². The maximum Gasteiger partial charge on any atom is 0.272 e. The van der Waals surface area contributed by atoms with Crippen LogP contribution in [-0.4, -0.2) is 30.1 Å². The normalized spacial score (nSPS) is 11.0. The van der Waals surface area contributed by atoms with E-state index in [1.807, 2.05) is 24.7 Å². The van der Waals surface area contributed by atoms with E-state index in [0.717, 1.165) is 11.5 Å². The molecule has 0 aliphatic carbocycles. The lowest BCUT2D eigenvalue weighted by atomic mass is 10.2. The highest BCUT2D eigenvalue weighted by Gasteiger charge is 2.22. The van der Waals surface area contributed by atoms with Crippen molar-refractivity contribution in [1.82, 2.24) is 24.2 Å². The number of hydrogen-bond donors (Lipinski definition) is 0. The molecule has 2 aromatic heterocycles. The number of nitrogens with zero attached hydrogens (tertiary/aromatic N) is 5. The van der Waals surface area contributed by atoms with Crippen LogP contribution in [0.15, 0.2) is 36.7 Å². The summed E-state index contributed by atoms with van der Waals surface area (Å²) >= 11 is 6.16. The summed E-state index contributed by atoms with van der Waals surface area (Å²) in [6.45, 7) is 2.35. The van der Waals surface area contributed by atoms with Gasteiger partial charge in [-0.3, -0.25) is 9.48 Å². The topological polar surface area (TPSA) is 56.0 Å². The van der Waals surface area contributed by atoms with Crippen LogP contribution in [0.3, 0.4) is 0 Å². The molecule has 1 amide bonds. The summed E-state index contributed by atoms with van der Waals surface area (Å²) in [7, 11) is 3.59. The molecule has 8 heteroatoms. The monoisotopic (exact) mass is 375 g/mol. The van der Waals surface area contributed by atoms with E-state index >= 15 is 0 Å². The van der Waals surface area contributed by atoms with Crippen molar-refractivity contribution in [3.05, 3.63) is 70.3 Å². The van der Waals surface area contributed by atoms with E-state index in [1.165, 1.54) is 12.1 Å². The molecule has 0 saturated heterocycles. The first-order valence-corrected chi connectivity index (χ1v) is 8.43. The van der Waals surface area contributed by atoms with Crippen molar-refractivity contribution in [3.8, 4) is 0 Å². The van der Waals surface area contributed by atoms with Gasteiger partial charge in [0.25, 0.3) is 5.91 Å². The molecule has 3 aromatic rings. The van der Waals surface area contributed by atoms with Crippen LogP contribution in [0.25, 0.3) is 0 Å². The van der Waals surface area contributed by atoms with Crippen LogP contribution in [-0.2, 0) is 27.2 Å². The summed E-state index contributed by atoms with van der Waals surface area (Å²) in [5.74, 6) is 0.120. The Morgan fingerprint density at radius 2 is 2.04 bits per heavy atom. The minimum absolute atomic E-state index is 0.198. The second kappa shape index (κ2) is 7.29. The highest BCUT2D eigenvalue weighted by molar-refractivity contribution is 6.31. The Kier molecular flexibility index (Phi) is 5.08. The van der Waals surface area contributed by atoms with Crippen LogP contribution in [0.2, 0.25) is 5.02 Å². The number of carbonyl (C=O) groups excluding carboxylic acids is 1. The molecule has 6 nitrogen and oxygen atoms in total. The molecule has 0 saturated carbocycles. The Morgan fingerprint density at radius 1 is 1.27 bits per heavy atom. The summed E-state index contributed by atoms with van der Waals surface area (Å²) in [6.07, 6.45) is 3.49. The number of benzene rings is 1. The molecule has 0 atom stereocenters. The molecule has 26 heavy (non-hydrogen) atoms. The highest BCUT2D eigenvalue weighted by atomic mass is 35.5. The predicted molar refractivity (Wildman–Crippen MR) is 96.1 cm³/mol. The van der Waals surface area contributed by atoms with Crippen LogP contribution < -0.4 is 0 Å². The summed E-state index contributed by atoms with van der Waals surface area (Å²) in [5, 5.41) is 4.52. The largest absolute Gasteiger partial charge is 0.337 e. The number of imidazole rings is 1. The lowest BCUT2D eigenvalue weighted by Gasteiger charge is -2.23. The van der Waals surface area contributed by atoms with Crippen LogP contribution in [0.4, 0.5) is 4.39 Å². The third-order valence-corrected chi connectivity index (χ3v) is 4.49. The second-order valence-corrected chi connectivity index (χ2v) is 6.55. The predicted octanol–water partition coefficient (Wildman–Crippen LogP) is 3.10. The maximum absolute atomic E-state index is 13.3. The zero-order chi connectivity index (χ0) is 18.8. The van der Waals surface area contributed by atoms with Crippen LogP contribution in [0.5, 0.6) is 0 Å². The molecule has 136 valence electrons. The van der Waals surface area contributed by atoms with E-state index in [-0.39, 0.29) is 17.5 Å². The first-order chi connectivity index (χ1) is 12.3. The molecule has 0 unspecified atom stereocenters. The number of carbonyl (C=O) groups is 1. The van der Waals surface area contributed by atoms with Gasteiger partial charge in [-0.2, -0.15) is 5.10 Å². The van der Waals surface area contributed by atoms with Crippen LogP contribution in [0, 0.1) is 12.7 Å².